The first kappa shape index (κ1) is 19.5. The minimum Gasteiger partial charge on any atom is -0.491 e. The fraction of sp³-hybridized carbons (Fsp3) is 0.389. The molecule has 1 aromatic carbocycles. The molecule has 2 amide bonds. The first-order chi connectivity index (χ1) is 13.3. The maximum absolute atomic E-state index is 12.0. The Labute approximate surface area is 159 Å². The summed E-state index contributed by atoms with van der Waals surface area (Å²) in [5.41, 5.74) is 0.977. The number of hydrogen-bond donors (Lipinski definition) is 4. The maximum Gasteiger partial charge on any atom is 0.408 e. The lowest BCUT2D eigenvalue weighted by atomic mass is 9.82. The molecule has 28 heavy (non-hydrogen) atoms. The summed E-state index contributed by atoms with van der Waals surface area (Å²) in [6.07, 6.45) is -2.39. The molecule has 150 valence electrons. The fourth-order valence-electron chi connectivity index (χ4n) is 3.81. The van der Waals surface area contributed by atoms with Gasteiger partial charge in [0, 0.05) is 13.1 Å². The van der Waals surface area contributed by atoms with Gasteiger partial charge in [0.25, 0.3) is 0 Å². The molecule has 1 fully saturated rings. The van der Waals surface area contributed by atoms with E-state index in [9.17, 15) is 29.7 Å². The highest BCUT2D eigenvalue weighted by atomic mass is 16.5. The van der Waals surface area contributed by atoms with Crippen LogP contribution in [0.25, 0.3) is 5.57 Å². The summed E-state index contributed by atoms with van der Waals surface area (Å²) in [6.45, 7) is -0.261. The van der Waals surface area contributed by atoms with Crippen LogP contribution in [0.5, 0.6) is 5.75 Å². The molecule has 2 unspecified atom stereocenters. The van der Waals surface area contributed by atoms with Crippen molar-refractivity contribution in [3.8, 4) is 5.75 Å². The molecule has 0 saturated carbocycles. The zero-order chi connectivity index (χ0) is 20.4. The SMILES string of the molecule is O=C(O)C1=C(c2ccc(OCCO)cc2)CC2CN(C(=O)O)CC1N2C(=O)O. The number of carbonyl (C=O) groups is 3. The van der Waals surface area contributed by atoms with Crippen molar-refractivity contribution in [1.29, 1.82) is 0 Å². The lowest BCUT2D eigenvalue weighted by Gasteiger charge is -2.48. The van der Waals surface area contributed by atoms with E-state index in [2.05, 4.69) is 0 Å². The first-order valence-electron chi connectivity index (χ1n) is 8.63. The smallest absolute Gasteiger partial charge is 0.408 e. The van der Waals surface area contributed by atoms with Crippen LogP contribution in [0.2, 0.25) is 0 Å². The van der Waals surface area contributed by atoms with E-state index in [4.69, 9.17) is 9.84 Å². The third-order valence-corrected chi connectivity index (χ3v) is 4.94. The Morgan fingerprint density at radius 2 is 1.71 bits per heavy atom. The second kappa shape index (κ2) is 7.77. The number of aliphatic carboxylic acids is 1. The quantitative estimate of drug-likeness (QED) is 0.580. The predicted molar refractivity (Wildman–Crippen MR) is 95.2 cm³/mol. The largest absolute Gasteiger partial charge is 0.491 e. The minimum atomic E-state index is -1.28. The van der Waals surface area contributed by atoms with Crippen molar-refractivity contribution in [2.75, 3.05) is 26.3 Å². The van der Waals surface area contributed by atoms with Crippen molar-refractivity contribution in [2.45, 2.75) is 18.5 Å². The molecule has 4 N–H and O–H groups in total. The molecule has 2 heterocycles. The minimum absolute atomic E-state index is 0.0216. The molecular weight excluding hydrogens is 372 g/mol. The van der Waals surface area contributed by atoms with Gasteiger partial charge in [0.15, 0.2) is 0 Å². The highest BCUT2D eigenvalue weighted by Gasteiger charge is 2.47. The van der Waals surface area contributed by atoms with Gasteiger partial charge in [-0.25, -0.2) is 14.4 Å². The molecule has 3 rings (SSSR count). The van der Waals surface area contributed by atoms with E-state index in [1.54, 1.807) is 24.3 Å². The van der Waals surface area contributed by atoms with E-state index in [0.717, 1.165) is 9.80 Å². The second-order valence-corrected chi connectivity index (χ2v) is 6.54. The number of rotatable bonds is 5. The molecule has 2 aliphatic heterocycles. The van der Waals surface area contributed by atoms with Crippen molar-refractivity contribution in [3.05, 3.63) is 35.4 Å². The van der Waals surface area contributed by atoms with Gasteiger partial charge in [-0.1, -0.05) is 12.1 Å². The third kappa shape index (κ3) is 3.58. The summed E-state index contributed by atoms with van der Waals surface area (Å²) >= 11 is 0. The first-order valence-corrected chi connectivity index (χ1v) is 8.63. The van der Waals surface area contributed by atoms with Crippen LogP contribution in [-0.4, -0.2) is 86.8 Å². The van der Waals surface area contributed by atoms with Crippen molar-refractivity contribution in [1.82, 2.24) is 9.80 Å². The van der Waals surface area contributed by atoms with Crippen LogP contribution in [0.3, 0.4) is 0 Å². The number of amides is 2. The Bertz CT molecular complexity index is 819. The number of ether oxygens (including phenoxy) is 1. The number of hydrogen-bond acceptors (Lipinski definition) is 5. The fourth-order valence-corrected chi connectivity index (χ4v) is 3.81. The Morgan fingerprint density at radius 3 is 2.25 bits per heavy atom. The predicted octanol–water partition coefficient (Wildman–Crippen LogP) is 1.01. The van der Waals surface area contributed by atoms with E-state index in [0.29, 0.717) is 16.9 Å². The monoisotopic (exact) mass is 392 g/mol. The Kier molecular flexibility index (Phi) is 5.41. The highest BCUT2D eigenvalue weighted by Crippen LogP contribution is 2.38. The van der Waals surface area contributed by atoms with E-state index >= 15 is 0 Å². The number of aliphatic hydroxyl groups excluding tert-OH is 1. The molecule has 1 saturated heterocycles. The number of piperazine rings is 1. The number of benzene rings is 1. The van der Waals surface area contributed by atoms with E-state index in [1.807, 2.05) is 0 Å². The molecule has 10 heteroatoms. The number of nitrogens with zero attached hydrogens (tertiary/aromatic N) is 2. The second-order valence-electron chi connectivity index (χ2n) is 6.54. The van der Waals surface area contributed by atoms with Gasteiger partial charge >= 0.3 is 18.2 Å². The summed E-state index contributed by atoms with van der Waals surface area (Å²) in [5.74, 6) is -0.770. The molecule has 2 bridgehead atoms. The van der Waals surface area contributed by atoms with Gasteiger partial charge in [-0.05, 0) is 29.7 Å². The Morgan fingerprint density at radius 1 is 1.04 bits per heavy atom. The number of carboxylic acid groups (broad SMARTS) is 3. The maximum atomic E-state index is 12.0. The summed E-state index contributed by atoms with van der Waals surface area (Å²) in [4.78, 5) is 37.2. The van der Waals surface area contributed by atoms with Gasteiger partial charge in [0.2, 0.25) is 0 Å². The van der Waals surface area contributed by atoms with E-state index in [1.165, 1.54) is 0 Å². The van der Waals surface area contributed by atoms with Crippen molar-refractivity contribution >= 4 is 23.7 Å². The topological polar surface area (TPSA) is 148 Å². The Hall–Kier alpha value is -3.27. The normalized spacial score (nSPS) is 21.5. The average molecular weight is 392 g/mol. The van der Waals surface area contributed by atoms with Gasteiger partial charge in [-0.2, -0.15) is 0 Å². The van der Waals surface area contributed by atoms with Crippen LogP contribution < -0.4 is 4.74 Å². The zero-order valence-corrected chi connectivity index (χ0v) is 14.8. The van der Waals surface area contributed by atoms with E-state index in [-0.39, 0.29) is 38.3 Å². The molecule has 2 atom stereocenters. The van der Waals surface area contributed by atoms with Crippen LogP contribution in [0, 0.1) is 0 Å². The molecule has 1 aromatic rings. The number of aliphatic hydroxyl groups is 1. The number of fused-ring (bicyclic) bond motifs is 2. The lowest BCUT2D eigenvalue weighted by molar-refractivity contribution is -0.133. The van der Waals surface area contributed by atoms with Gasteiger partial charge < -0.3 is 30.1 Å². The van der Waals surface area contributed by atoms with Crippen molar-refractivity contribution < 1.29 is 39.5 Å². The third-order valence-electron chi connectivity index (χ3n) is 4.94. The van der Waals surface area contributed by atoms with Gasteiger partial charge in [0.1, 0.15) is 12.4 Å². The summed E-state index contributed by atoms with van der Waals surface area (Å²) in [5, 5.41) is 37.4. The summed E-state index contributed by atoms with van der Waals surface area (Å²) in [6, 6.07) is 4.87. The number of carboxylic acids is 1. The van der Waals surface area contributed by atoms with Crippen LogP contribution in [-0.2, 0) is 4.79 Å². The van der Waals surface area contributed by atoms with Gasteiger partial charge in [0.05, 0.1) is 24.3 Å². The van der Waals surface area contributed by atoms with Crippen molar-refractivity contribution in [2.24, 2.45) is 0 Å². The molecule has 10 nitrogen and oxygen atoms in total. The summed E-state index contributed by atoms with van der Waals surface area (Å²) < 4.78 is 5.30. The molecule has 0 aromatic heterocycles. The summed E-state index contributed by atoms with van der Waals surface area (Å²) in [7, 11) is 0. The van der Waals surface area contributed by atoms with Gasteiger partial charge in [-0.3, -0.25) is 4.90 Å². The standard InChI is InChI=1S/C18H20N2O8/c21-5-6-28-12-3-1-10(2-4-12)13-7-11-8-19(17(24)25)9-14(15(13)16(22)23)20(11)18(26)27/h1-4,11,14,21H,5-9H2,(H,22,23)(H,24,25)(H,26,27). The van der Waals surface area contributed by atoms with Crippen LogP contribution in [0.4, 0.5) is 9.59 Å². The molecule has 2 aliphatic rings. The molecule has 0 radical (unpaired) electrons. The molecule has 0 spiro atoms. The van der Waals surface area contributed by atoms with Gasteiger partial charge in [-0.15, -0.1) is 0 Å². The van der Waals surface area contributed by atoms with Crippen LogP contribution in [0.15, 0.2) is 29.8 Å². The zero-order valence-electron chi connectivity index (χ0n) is 14.8. The van der Waals surface area contributed by atoms with Crippen molar-refractivity contribution in [3.63, 3.8) is 0 Å². The van der Waals surface area contributed by atoms with Crippen LogP contribution >= 0.6 is 0 Å². The van der Waals surface area contributed by atoms with Crippen LogP contribution in [0.1, 0.15) is 12.0 Å². The molecular formula is C18H20N2O8. The van der Waals surface area contributed by atoms with E-state index < -0.39 is 30.2 Å². The lowest BCUT2D eigenvalue weighted by Crippen LogP contribution is -2.64. The molecule has 0 aliphatic carbocycles. The average Bonchev–Trinajstić information content (AvgIpc) is 2.64. The highest BCUT2D eigenvalue weighted by molar-refractivity contribution is 5.99. The Balaban J connectivity index is 2.02.